The van der Waals surface area contributed by atoms with Gasteiger partial charge in [0.1, 0.15) is 0 Å². The van der Waals surface area contributed by atoms with E-state index in [1.807, 2.05) is 0 Å². The summed E-state index contributed by atoms with van der Waals surface area (Å²) in [6.45, 7) is 4.54. The third-order valence-corrected chi connectivity index (χ3v) is 3.09. The van der Waals surface area contributed by atoms with Crippen molar-refractivity contribution in [3.63, 3.8) is 0 Å². The topological polar surface area (TPSA) is 12.0 Å². The van der Waals surface area contributed by atoms with E-state index in [2.05, 4.69) is 32.3 Å². The highest BCUT2D eigenvalue weighted by atomic mass is 14.9. The lowest BCUT2D eigenvalue weighted by Crippen LogP contribution is -2.33. The molecule has 13 heavy (non-hydrogen) atoms. The first-order chi connectivity index (χ1) is 6.27. The van der Waals surface area contributed by atoms with E-state index in [4.69, 9.17) is 0 Å². The van der Waals surface area contributed by atoms with E-state index in [1.165, 1.54) is 32.1 Å². The Kier molecular flexibility index (Phi) is 4.51. The van der Waals surface area contributed by atoms with Gasteiger partial charge < -0.3 is 5.32 Å². The highest BCUT2D eigenvalue weighted by molar-refractivity contribution is 5.07. The van der Waals surface area contributed by atoms with E-state index in [0.29, 0.717) is 6.04 Å². The van der Waals surface area contributed by atoms with Crippen molar-refractivity contribution < 1.29 is 0 Å². The molecule has 1 heteroatoms. The smallest absolute Gasteiger partial charge is 0.0127 e. The van der Waals surface area contributed by atoms with E-state index >= 15 is 0 Å². The molecular weight excluding hydrogens is 158 g/mol. The van der Waals surface area contributed by atoms with Crippen LogP contribution < -0.4 is 5.32 Å². The Morgan fingerprint density at radius 2 is 2.38 bits per heavy atom. The largest absolute Gasteiger partial charge is 0.316 e. The van der Waals surface area contributed by atoms with Crippen LogP contribution in [0.4, 0.5) is 0 Å². The average molecular weight is 181 g/mol. The summed E-state index contributed by atoms with van der Waals surface area (Å²) in [7, 11) is 2.10. The fourth-order valence-electron chi connectivity index (χ4n) is 2.35. The molecule has 0 heterocycles. The van der Waals surface area contributed by atoms with Crippen molar-refractivity contribution in [1.82, 2.24) is 5.32 Å². The first-order valence-electron chi connectivity index (χ1n) is 5.62. The third kappa shape index (κ3) is 3.15. The van der Waals surface area contributed by atoms with Crippen LogP contribution in [0.15, 0.2) is 11.6 Å². The Morgan fingerprint density at radius 3 is 2.92 bits per heavy atom. The molecule has 0 radical (unpaired) electrons. The maximum absolute atomic E-state index is 3.45. The highest BCUT2D eigenvalue weighted by Gasteiger charge is 2.19. The molecular formula is C12H23N. The predicted octanol–water partition coefficient (Wildman–Crippen LogP) is 3.12. The van der Waals surface area contributed by atoms with Crippen LogP contribution in [-0.4, -0.2) is 13.1 Å². The van der Waals surface area contributed by atoms with Gasteiger partial charge in [-0.1, -0.05) is 25.0 Å². The van der Waals surface area contributed by atoms with Crippen LogP contribution in [0.5, 0.6) is 0 Å². The van der Waals surface area contributed by atoms with E-state index in [0.717, 1.165) is 5.92 Å². The van der Waals surface area contributed by atoms with E-state index < -0.39 is 0 Å². The Morgan fingerprint density at radius 1 is 1.62 bits per heavy atom. The van der Waals surface area contributed by atoms with Gasteiger partial charge in [-0.05, 0) is 45.6 Å². The van der Waals surface area contributed by atoms with Crippen LogP contribution in [0.25, 0.3) is 0 Å². The van der Waals surface area contributed by atoms with Crippen molar-refractivity contribution in [3.05, 3.63) is 11.6 Å². The molecule has 0 aliphatic heterocycles. The molecule has 0 spiro atoms. The van der Waals surface area contributed by atoms with Crippen LogP contribution in [-0.2, 0) is 0 Å². The SMILES string of the molecule is CCC[C@H](NC)C1C=C(C)CCC1. The van der Waals surface area contributed by atoms with Gasteiger partial charge in [-0.15, -0.1) is 0 Å². The Balaban J connectivity index is 2.52. The van der Waals surface area contributed by atoms with Gasteiger partial charge in [0, 0.05) is 6.04 Å². The molecule has 1 aliphatic rings. The van der Waals surface area contributed by atoms with E-state index in [1.54, 1.807) is 5.57 Å². The van der Waals surface area contributed by atoms with Crippen LogP contribution in [0.2, 0.25) is 0 Å². The van der Waals surface area contributed by atoms with Gasteiger partial charge in [-0.3, -0.25) is 0 Å². The standard InChI is InChI=1S/C12H23N/c1-4-6-12(13-3)11-8-5-7-10(2)9-11/h9,11-13H,4-8H2,1-3H3/t11?,12-/m0/s1. The lowest BCUT2D eigenvalue weighted by Gasteiger charge is -2.27. The van der Waals surface area contributed by atoms with E-state index in [9.17, 15) is 0 Å². The second-order valence-corrected chi connectivity index (χ2v) is 4.25. The van der Waals surface area contributed by atoms with Gasteiger partial charge in [0.2, 0.25) is 0 Å². The summed E-state index contributed by atoms with van der Waals surface area (Å²) in [6, 6.07) is 0.709. The lowest BCUT2D eigenvalue weighted by molar-refractivity contribution is 0.368. The van der Waals surface area contributed by atoms with E-state index in [-0.39, 0.29) is 0 Å². The summed E-state index contributed by atoms with van der Waals surface area (Å²) in [5.74, 6) is 0.790. The van der Waals surface area contributed by atoms with Crippen LogP contribution in [0.1, 0.15) is 46.0 Å². The maximum Gasteiger partial charge on any atom is 0.0127 e. The number of rotatable bonds is 4. The van der Waals surface area contributed by atoms with Gasteiger partial charge in [0.25, 0.3) is 0 Å². The third-order valence-electron chi connectivity index (χ3n) is 3.09. The predicted molar refractivity (Wildman–Crippen MR) is 58.9 cm³/mol. The number of hydrogen-bond acceptors (Lipinski definition) is 1. The monoisotopic (exact) mass is 181 g/mol. The summed E-state index contributed by atoms with van der Waals surface area (Å²) in [5.41, 5.74) is 1.59. The molecule has 1 aliphatic carbocycles. The zero-order valence-corrected chi connectivity index (χ0v) is 9.27. The molecule has 0 aromatic heterocycles. The van der Waals surface area contributed by atoms with Crippen LogP contribution in [0.3, 0.4) is 0 Å². The summed E-state index contributed by atoms with van der Waals surface area (Å²) in [6.07, 6.45) is 9.16. The first kappa shape index (κ1) is 10.8. The van der Waals surface area contributed by atoms with Crippen molar-refractivity contribution in [2.45, 2.75) is 52.0 Å². The van der Waals surface area contributed by atoms with Gasteiger partial charge in [-0.2, -0.15) is 0 Å². The molecule has 1 unspecified atom stereocenters. The molecule has 0 aromatic rings. The Labute approximate surface area is 82.6 Å². The first-order valence-corrected chi connectivity index (χ1v) is 5.62. The zero-order chi connectivity index (χ0) is 9.68. The second-order valence-electron chi connectivity index (χ2n) is 4.25. The maximum atomic E-state index is 3.45. The fraction of sp³-hybridized carbons (Fsp3) is 0.833. The second kappa shape index (κ2) is 5.43. The highest BCUT2D eigenvalue weighted by Crippen LogP contribution is 2.26. The molecule has 76 valence electrons. The summed E-state index contributed by atoms with van der Waals surface area (Å²) >= 11 is 0. The number of allylic oxidation sites excluding steroid dienone is 1. The molecule has 1 rings (SSSR count). The van der Waals surface area contributed by atoms with Gasteiger partial charge in [-0.25, -0.2) is 0 Å². The molecule has 0 saturated heterocycles. The average Bonchev–Trinajstić information content (AvgIpc) is 2.14. The molecule has 0 amide bonds. The quantitative estimate of drug-likeness (QED) is 0.657. The molecule has 1 N–H and O–H groups in total. The number of nitrogens with one attached hydrogen (secondary N) is 1. The molecule has 0 fully saturated rings. The van der Waals surface area contributed by atoms with Crippen molar-refractivity contribution in [2.75, 3.05) is 7.05 Å². The fourth-order valence-corrected chi connectivity index (χ4v) is 2.35. The summed E-state index contributed by atoms with van der Waals surface area (Å²) in [5, 5.41) is 3.45. The van der Waals surface area contributed by atoms with Gasteiger partial charge in [0.05, 0.1) is 0 Å². The van der Waals surface area contributed by atoms with Crippen molar-refractivity contribution in [3.8, 4) is 0 Å². The minimum atomic E-state index is 0.709. The summed E-state index contributed by atoms with van der Waals surface area (Å²) in [4.78, 5) is 0. The molecule has 0 aromatic carbocycles. The molecule has 1 nitrogen and oxygen atoms in total. The zero-order valence-electron chi connectivity index (χ0n) is 9.27. The molecule has 0 saturated carbocycles. The number of hydrogen-bond donors (Lipinski definition) is 1. The molecule has 2 atom stereocenters. The Bertz CT molecular complexity index is 172. The summed E-state index contributed by atoms with van der Waals surface area (Å²) < 4.78 is 0. The van der Waals surface area contributed by atoms with Crippen molar-refractivity contribution in [1.29, 1.82) is 0 Å². The normalized spacial score (nSPS) is 25.5. The van der Waals surface area contributed by atoms with Crippen molar-refractivity contribution in [2.24, 2.45) is 5.92 Å². The van der Waals surface area contributed by atoms with Crippen LogP contribution in [0, 0.1) is 5.92 Å². The van der Waals surface area contributed by atoms with Gasteiger partial charge >= 0.3 is 0 Å². The lowest BCUT2D eigenvalue weighted by atomic mass is 9.84. The minimum Gasteiger partial charge on any atom is -0.316 e. The molecule has 0 bridgehead atoms. The van der Waals surface area contributed by atoms with Crippen LogP contribution >= 0.6 is 0 Å². The van der Waals surface area contributed by atoms with Gasteiger partial charge in [0.15, 0.2) is 0 Å². The Hall–Kier alpha value is -0.300. The minimum absolute atomic E-state index is 0.709. The van der Waals surface area contributed by atoms with Crippen molar-refractivity contribution >= 4 is 0 Å².